The third-order valence-corrected chi connectivity index (χ3v) is 6.21. The first-order valence-corrected chi connectivity index (χ1v) is 10.9. The number of hydrogen-bond acceptors (Lipinski definition) is 6. The van der Waals surface area contributed by atoms with Crippen LogP contribution in [-0.2, 0) is 9.53 Å². The highest BCUT2D eigenvalue weighted by atomic mass is 32.1. The molecule has 32 heavy (non-hydrogen) atoms. The minimum absolute atomic E-state index is 0.189. The van der Waals surface area contributed by atoms with Crippen LogP contribution in [0.1, 0.15) is 44.9 Å². The van der Waals surface area contributed by atoms with E-state index in [0.717, 1.165) is 15.3 Å². The zero-order valence-electron chi connectivity index (χ0n) is 17.5. The highest BCUT2D eigenvalue weighted by Crippen LogP contribution is 2.36. The molecular formula is C24H20N2O5S. The molecular weight excluding hydrogens is 428 g/mol. The first-order chi connectivity index (χ1) is 15.4. The maximum absolute atomic E-state index is 13.0. The molecule has 0 spiro atoms. The van der Waals surface area contributed by atoms with Gasteiger partial charge in [0.2, 0.25) is 5.91 Å². The Hall–Kier alpha value is -3.78. The molecule has 0 fully saturated rings. The Bertz CT molecular complexity index is 1180. The number of hydrogen-bond donors (Lipinski definition) is 1. The molecule has 0 aliphatic carbocycles. The maximum atomic E-state index is 13.0. The molecule has 0 unspecified atom stereocenters. The summed E-state index contributed by atoms with van der Waals surface area (Å²) in [6.45, 7) is 3.37. The molecule has 0 saturated heterocycles. The van der Waals surface area contributed by atoms with Crippen molar-refractivity contribution in [1.29, 1.82) is 0 Å². The molecule has 0 bridgehead atoms. The highest BCUT2D eigenvalue weighted by Gasteiger charge is 2.40. The Morgan fingerprint density at radius 1 is 1.00 bits per heavy atom. The van der Waals surface area contributed by atoms with Crippen LogP contribution < -0.4 is 5.32 Å². The molecule has 4 rings (SSSR count). The molecule has 3 aromatic rings. The van der Waals surface area contributed by atoms with E-state index in [1.165, 1.54) is 18.3 Å². The zero-order valence-corrected chi connectivity index (χ0v) is 18.3. The van der Waals surface area contributed by atoms with E-state index in [0.29, 0.717) is 5.00 Å². The maximum Gasteiger partial charge on any atom is 0.341 e. The molecule has 1 aromatic heterocycles. The number of imide groups is 1. The summed E-state index contributed by atoms with van der Waals surface area (Å²) >= 11 is 1.22. The van der Waals surface area contributed by atoms with Gasteiger partial charge in [-0.1, -0.05) is 42.5 Å². The van der Waals surface area contributed by atoms with Gasteiger partial charge in [0, 0.05) is 4.88 Å². The van der Waals surface area contributed by atoms with Gasteiger partial charge in [0.25, 0.3) is 11.8 Å². The second-order valence-electron chi connectivity index (χ2n) is 7.13. The van der Waals surface area contributed by atoms with E-state index in [1.807, 2.05) is 30.3 Å². The van der Waals surface area contributed by atoms with Crippen molar-refractivity contribution in [3.8, 4) is 10.4 Å². The van der Waals surface area contributed by atoms with Crippen LogP contribution in [0.15, 0.2) is 60.7 Å². The van der Waals surface area contributed by atoms with Crippen molar-refractivity contribution in [1.82, 2.24) is 4.90 Å². The van der Waals surface area contributed by atoms with Crippen molar-refractivity contribution < 1.29 is 23.9 Å². The number of nitrogens with one attached hydrogen (secondary N) is 1. The Morgan fingerprint density at radius 3 is 2.19 bits per heavy atom. The summed E-state index contributed by atoms with van der Waals surface area (Å²) in [7, 11) is 0. The van der Waals surface area contributed by atoms with Gasteiger partial charge in [0.1, 0.15) is 11.0 Å². The van der Waals surface area contributed by atoms with Crippen LogP contribution in [0.3, 0.4) is 0 Å². The van der Waals surface area contributed by atoms with Gasteiger partial charge in [0.05, 0.1) is 23.3 Å². The first-order valence-electron chi connectivity index (χ1n) is 10.1. The number of esters is 1. The Labute approximate surface area is 188 Å². The molecule has 3 amide bonds. The summed E-state index contributed by atoms with van der Waals surface area (Å²) < 4.78 is 5.13. The summed E-state index contributed by atoms with van der Waals surface area (Å²) in [6, 6.07) is 16.5. The Morgan fingerprint density at radius 2 is 1.59 bits per heavy atom. The van der Waals surface area contributed by atoms with Crippen molar-refractivity contribution in [2.45, 2.75) is 19.9 Å². The quantitative estimate of drug-likeness (QED) is 0.450. The van der Waals surface area contributed by atoms with Crippen molar-refractivity contribution in [3.05, 3.63) is 77.4 Å². The van der Waals surface area contributed by atoms with Crippen LogP contribution >= 0.6 is 11.3 Å². The lowest BCUT2D eigenvalue weighted by Crippen LogP contribution is -2.45. The summed E-state index contributed by atoms with van der Waals surface area (Å²) in [5, 5.41) is 3.02. The lowest BCUT2D eigenvalue weighted by molar-refractivity contribution is -0.119. The topological polar surface area (TPSA) is 92.8 Å². The number of carbonyl (C=O) groups is 4. The van der Waals surface area contributed by atoms with E-state index in [2.05, 4.69) is 5.32 Å². The second kappa shape index (κ2) is 8.76. The van der Waals surface area contributed by atoms with E-state index in [9.17, 15) is 19.2 Å². The van der Waals surface area contributed by atoms with E-state index in [-0.39, 0.29) is 23.3 Å². The fraction of sp³-hybridized carbons (Fsp3) is 0.167. The van der Waals surface area contributed by atoms with Crippen LogP contribution in [0.25, 0.3) is 10.4 Å². The lowest BCUT2D eigenvalue weighted by Gasteiger charge is -2.21. The molecule has 1 atom stereocenters. The average molecular weight is 449 g/mol. The number of fused-ring (bicyclic) bond motifs is 1. The molecule has 1 N–H and O–H groups in total. The fourth-order valence-electron chi connectivity index (χ4n) is 3.48. The van der Waals surface area contributed by atoms with Crippen LogP contribution in [0, 0.1) is 0 Å². The first kappa shape index (κ1) is 21.5. The van der Waals surface area contributed by atoms with Gasteiger partial charge in [-0.05, 0) is 37.6 Å². The lowest BCUT2D eigenvalue weighted by atomic mass is 10.1. The van der Waals surface area contributed by atoms with E-state index < -0.39 is 29.7 Å². The second-order valence-corrected chi connectivity index (χ2v) is 8.18. The van der Waals surface area contributed by atoms with E-state index >= 15 is 0 Å². The summed E-state index contributed by atoms with van der Waals surface area (Å²) in [5.41, 5.74) is 1.65. The average Bonchev–Trinajstić information content (AvgIpc) is 3.33. The molecule has 0 radical (unpaired) electrons. The molecule has 2 heterocycles. The van der Waals surface area contributed by atoms with Gasteiger partial charge in [0.15, 0.2) is 0 Å². The molecule has 162 valence electrons. The van der Waals surface area contributed by atoms with E-state index in [4.69, 9.17) is 4.74 Å². The predicted molar refractivity (Wildman–Crippen MR) is 121 cm³/mol. The number of ether oxygens (including phenoxy) is 1. The van der Waals surface area contributed by atoms with Gasteiger partial charge in [-0.15, -0.1) is 11.3 Å². The van der Waals surface area contributed by atoms with Gasteiger partial charge in [-0.3, -0.25) is 19.3 Å². The van der Waals surface area contributed by atoms with Crippen molar-refractivity contribution in [2.75, 3.05) is 11.9 Å². The van der Waals surface area contributed by atoms with Crippen LogP contribution in [0.5, 0.6) is 0 Å². The van der Waals surface area contributed by atoms with Crippen LogP contribution in [0.4, 0.5) is 5.00 Å². The number of amides is 3. The van der Waals surface area contributed by atoms with Gasteiger partial charge >= 0.3 is 5.97 Å². The largest absolute Gasteiger partial charge is 0.462 e. The summed E-state index contributed by atoms with van der Waals surface area (Å²) in [4.78, 5) is 52.6. The molecule has 1 aliphatic rings. The van der Waals surface area contributed by atoms with Crippen LogP contribution in [-0.4, -0.2) is 41.2 Å². The van der Waals surface area contributed by atoms with Crippen molar-refractivity contribution in [2.24, 2.45) is 0 Å². The Balaban J connectivity index is 1.61. The normalized spacial score (nSPS) is 13.6. The third-order valence-electron chi connectivity index (χ3n) is 5.11. The van der Waals surface area contributed by atoms with Crippen molar-refractivity contribution >= 4 is 40.0 Å². The molecule has 8 heteroatoms. The minimum Gasteiger partial charge on any atom is -0.462 e. The van der Waals surface area contributed by atoms with Gasteiger partial charge < -0.3 is 10.1 Å². The zero-order chi connectivity index (χ0) is 22.8. The molecule has 1 aliphatic heterocycles. The standard InChI is InChI=1S/C24H20N2O5S/c1-3-31-24(30)18-13-19(15-9-5-4-6-10-15)32-21(18)25-20(27)14(2)26-22(28)16-11-7-8-12-17(16)23(26)29/h4-14H,3H2,1-2H3,(H,25,27)/t14-/m1/s1. The monoisotopic (exact) mass is 448 g/mol. The smallest absolute Gasteiger partial charge is 0.341 e. The molecule has 7 nitrogen and oxygen atoms in total. The van der Waals surface area contributed by atoms with Gasteiger partial charge in [-0.25, -0.2) is 4.79 Å². The highest BCUT2D eigenvalue weighted by molar-refractivity contribution is 7.20. The van der Waals surface area contributed by atoms with Crippen LogP contribution in [0.2, 0.25) is 0 Å². The van der Waals surface area contributed by atoms with E-state index in [1.54, 1.807) is 37.3 Å². The number of benzene rings is 2. The number of thiophene rings is 1. The SMILES string of the molecule is CCOC(=O)c1cc(-c2ccccc2)sc1NC(=O)[C@@H](C)N1C(=O)c2ccccc2C1=O. The predicted octanol–water partition coefficient (Wildman–Crippen LogP) is 4.22. The number of carbonyl (C=O) groups excluding carboxylic acids is 4. The minimum atomic E-state index is -1.07. The molecule has 0 saturated carbocycles. The number of anilines is 1. The third kappa shape index (κ3) is 3.80. The van der Waals surface area contributed by atoms with Crippen molar-refractivity contribution in [3.63, 3.8) is 0 Å². The fourth-order valence-corrected chi connectivity index (χ4v) is 4.54. The summed E-state index contributed by atoms with van der Waals surface area (Å²) in [6.07, 6.45) is 0. The molecule has 2 aromatic carbocycles. The number of nitrogens with zero attached hydrogens (tertiary/aromatic N) is 1. The van der Waals surface area contributed by atoms with Gasteiger partial charge in [-0.2, -0.15) is 0 Å². The Kier molecular flexibility index (Phi) is 5.87. The number of rotatable bonds is 6. The summed E-state index contributed by atoms with van der Waals surface area (Å²) in [5.74, 6) is -2.17.